The van der Waals surface area contributed by atoms with E-state index in [1.807, 2.05) is 0 Å². The van der Waals surface area contributed by atoms with Gasteiger partial charge in [0.15, 0.2) is 0 Å². The van der Waals surface area contributed by atoms with Crippen LogP contribution in [-0.4, -0.2) is 0 Å². The first-order valence-electron chi connectivity index (χ1n) is 19.5. The van der Waals surface area contributed by atoms with Gasteiger partial charge in [0.1, 0.15) is 0 Å². The Bertz CT molecular complexity index is 3510. The number of hydrogen-bond acceptors (Lipinski definition) is 0. The molecule has 0 heteroatoms. The van der Waals surface area contributed by atoms with E-state index in [9.17, 15) is 0 Å². The van der Waals surface area contributed by atoms with Gasteiger partial charge in [0.25, 0.3) is 0 Å². The Hall–Kier alpha value is -7.28. The lowest BCUT2D eigenvalue weighted by atomic mass is 9.86. The molecule has 0 aliphatic rings. The second kappa shape index (κ2) is 12.1. The molecule has 0 nitrogen and oxygen atoms in total. The van der Waals surface area contributed by atoms with Crippen LogP contribution in [0.15, 0.2) is 206 Å². The molecule has 0 spiro atoms. The maximum absolute atomic E-state index is 2.38. The van der Waals surface area contributed by atoms with Crippen molar-refractivity contribution in [3.05, 3.63) is 206 Å². The van der Waals surface area contributed by atoms with E-state index in [4.69, 9.17) is 0 Å². The smallest absolute Gasteiger partial charge is 0.00203 e. The monoisotopic (exact) mass is 706 g/mol. The lowest BCUT2D eigenvalue weighted by Crippen LogP contribution is -1.90. The van der Waals surface area contributed by atoms with E-state index in [1.54, 1.807) is 0 Å². The van der Waals surface area contributed by atoms with Crippen molar-refractivity contribution in [1.82, 2.24) is 0 Å². The Morgan fingerprint density at radius 2 is 0.571 bits per heavy atom. The number of fused-ring (bicyclic) bond motifs is 6. The fourth-order valence-electron chi connectivity index (χ4n) is 9.57. The summed E-state index contributed by atoms with van der Waals surface area (Å²) >= 11 is 0. The van der Waals surface area contributed by atoms with Crippen molar-refractivity contribution >= 4 is 75.4 Å². The Balaban J connectivity index is 0.990. The molecule has 0 aliphatic carbocycles. The molecule has 56 heavy (non-hydrogen) atoms. The molecule has 12 rings (SSSR count). The van der Waals surface area contributed by atoms with Gasteiger partial charge < -0.3 is 0 Å². The second-order valence-corrected chi connectivity index (χ2v) is 15.2. The Morgan fingerprint density at radius 1 is 0.179 bits per heavy atom. The Kier molecular flexibility index (Phi) is 6.73. The van der Waals surface area contributed by atoms with Gasteiger partial charge in [0.2, 0.25) is 0 Å². The van der Waals surface area contributed by atoms with Crippen molar-refractivity contribution < 1.29 is 0 Å². The van der Waals surface area contributed by atoms with E-state index < -0.39 is 0 Å². The minimum atomic E-state index is 1.23. The number of hydrogen-bond donors (Lipinski definition) is 0. The van der Waals surface area contributed by atoms with Crippen LogP contribution in [0.2, 0.25) is 0 Å². The van der Waals surface area contributed by atoms with Crippen LogP contribution in [-0.2, 0) is 0 Å². The van der Waals surface area contributed by atoms with E-state index in [1.165, 1.54) is 120 Å². The highest BCUT2D eigenvalue weighted by Crippen LogP contribution is 2.44. The molecule has 0 saturated heterocycles. The maximum Gasteiger partial charge on any atom is -0.00203 e. The van der Waals surface area contributed by atoms with E-state index in [0.29, 0.717) is 0 Å². The van der Waals surface area contributed by atoms with Crippen LogP contribution in [0.1, 0.15) is 0 Å². The van der Waals surface area contributed by atoms with Gasteiger partial charge in [-0.15, -0.1) is 0 Å². The Morgan fingerprint density at radius 3 is 1.11 bits per heavy atom. The van der Waals surface area contributed by atoms with E-state index in [-0.39, 0.29) is 0 Å². The Labute approximate surface area is 324 Å². The van der Waals surface area contributed by atoms with Crippen molar-refractivity contribution in [2.24, 2.45) is 0 Å². The summed E-state index contributed by atoms with van der Waals surface area (Å²) in [5.74, 6) is 0. The van der Waals surface area contributed by atoms with Crippen molar-refractivity contribution in [3.8, 4) is 44.5 Å². The van der Waals surface area contributed by atoms with Crippen LogP contribution >= 0.6 is 0 Å². The van der Waals surface area contributed by atoms with Crippen LogP contribution < -0.4 is 0 Å². The third kappa shape index (κ3) is 4.66. The summed E-state index contributed by atoms with van der Waals surface area (Å²) < 4.78 is 0. The van der Waals surface area contributed by atoms with Gasteiger partial charge in [-0.2, -0.15) is 0 Å². The largest absolute Gasteiger partial charge is 0.0616 e. The molecule has 0 bridgehead atoms. The summed E-state index contributed by atoms with van der Waals surface area (Å²) in [7, 11) is 0. The SMILES string of the molecule is c1cc(-c2cc3ccccc3c3ccccc23)cc(-c2ccc3ccc4c(-c5ccc(-c6cc7ccccc7c7ccccc67)cc5)ccc5ccc2c3c54)c1. The molecule has 0 heterocycles. The van der Waals surface area contributed by atoms with Crippen LogP contribution in [0, 0.1) is 0 Å². The summed E-state index contributed by atoms with van der Waals surface area (Å²) in [5.41, 5.74) is 9.99. The zero-order valence-electron chi connectivity index (χ0n) is 30.6. The highest BCUT2D eigenvalue weighted by molar-refractivity contribution is 6.28. The minimum Gasteiger partial charge on any atom is -0.0616 e. The quantitative estimate of drug-likeness (QED) is 0.160. The van der Waals surface area contributed by atoms with Crippen molar-refractivity contribution in [2.75, 3.05) is 0 Å². The van der Waals surface area contributed by atoms with Crippen molar-refractivity contribution in [1.29, 1.82) is 0 Å². The topological polar surface area (TPSA) is 0 Å². The molecule has 0 radical (unpaired) electrons. The van der Waals surface area contributed by atoms with E-state index in [2.05, 4.69) is 206 Å². The second-order valence-electron chi connectivity index (χ2n) is 15.2. The highest BCUT2D eigenvalue weighted by atomic mass is 14.2. The average molecular weight is 707 g/mol. The zero-order valence-corrected chi connectivity index (χ0v) is 30.6. The molecular weight excluding hydrogens is 673 g/mol. The predicted molar refractivity (Wildman–Crippen MR) is 242 cm³/mol. The summed E-state index contributed by atoms with van der Waals surface area (Å²) in [6.45, 7) is 0. The van der Waals surface area contributed by atoms with Gasteiger partial charge >= 0.3 is 0 Å². The molecule has 0 fully saturated rings. The fourth-order valence-corrected chi connectivity index (χ4v) is 9.57. The molecule has 0 N–H and O–H groups in total. The summed E-state index contributed by atoms with van der Waals surface area (Å²) in [6, 6.07) is 76.6. The van der Waals surface area contributed by atoms with Gasteiger partial charge in [-0.05, 0) is 138 Å². The van der Waals surface area contributed by atoms with E-state index >= 15 is 0 Å². The molecule has 0 aromatic heterocycles. The number of benzene rings is 12. The predicted octanol–water partition coefficient (Wildman–Crippen LogP) is 15.9. The summed E-state index contributed by atoms with van der Waals surface area (Å²) in [4.78, 5) is 0. The van der Waals surface area contributed by atoms with Crippen LogP contribution in [0.3, 0.4) is 0 Å². The molecule has 12 aromatic rings. The fraction of sp³-hybridized carbons (Fsp3) is 0. The first-order chi connectivity index (χ1) is 27.8. The van der Waals surface area contributed by atoms with Gasteiger partial charge in [0.05, 0.1) is 0 Å². The maximum atomic E-state index is 2.38. The first kappa shape index (κ1) is 31.1. The van der Waals surface area contributed by atoms with Gasteiger partial charge in [0, 0.05) is 0 Å². The summed E-state index contributed by atoms with van der Waals surface area (Å²) in [6.07, 6.45) is 0. The van der Waals surface area contributed by atoms with Crippen molar-refractivity contribution in [2.45, 2.75) is 0 Å². The lowest BCUT2D eigenvalue weighted by Gasteiger charge is -2.17. The number of rotatable bonds is 4. The van der Waals surface area contributed by atoms with E-state index in [0.717, 1.165) is 0 Å². The molecule has 258 valence electrons. The highest BCUT2D eigenvalue weighted by Gasteiger charge is 2.17. The molecule has 0 aliphatic heterocycles. The van der Waals surface area contributed by atoms with Gasteiger partial charge in [-0.3, -0.25) is 0 Å². The van der Waals surface area contributed by atoms with Crippen molar-refractivity contribution in [3.63, 3.8) is 0 Å². The molecule has 12 aromatic carbocycles. The lowest BCUT2D eigenvalue weighted by molar-refractivity contribution is 1.63. The molecule has 0 amide bonds. The van der Waals surface area contributed by atoms with Gasteiger partial charge in [-0.25, -0.2) is 0 Å². The molecule has 0 saturated carbocycles. The van der Waals surface area contributed by atoms with Crippen LogP contribution in [0.4, 0.5) is 0 Å². The third-order valence-corrected chi connectivity index (χ3v) is 12.2. The van der Waals surface area contributed by atoms with Crippen LogP contribution in [0.5, 0.6) is 0 Å². The minimum absolute atomic E-state index is 1.23. The standard InChI is InChI=1S/C56H34/c1-3-14-43-41(10-1)33-53(49-18-7-5-16-47(43)49)36-22-20-35(21-23-36)45-28-24-37-27-31-52-46(29-25-38-26-30-51(45)55(37)56(38)52)39-12-9-13-40(32-39)54-34-42-11-2-4-15-44(42)48-17-6-8-19-50(48)54/h1-34H. The van der Waals surface area contributed by atoms with Crippen LogP contribution in [0.25, 0.3) is 120 Å². The van der Waals surface area contributed by atoms with Gasteiger partial charge in [-0.1, -0.05) is 188 Å². The molecule has 0 unspecified atom stereocenters. The third-order valence-electron chi connectivity index (χ3n) is 12.2. The molecular formula is C56H34. The average Bonchev–Trinajstić information content (AvgIpc) is 3.27. The summed E-state index contributed by atoms with van der Waals surface area (Å²) in [5, 5.41) is 18.1. The first-order valence-corrected chi connectivity index (χ1v) is 19.5. The normalized spacial score (nSPS) is 11.9. The zero-order chi connectivity index (χ0) is 36.7. The molecule has 0 atom stereocenters.